The third-order valence-corrected chi connectivity index (χ3v) is 4.95. The van der Waals surface area contributed by atoms with Gasteiger partial charge in [0.25, 0.3) is 5.91 Å². The molecule has 0 aliphatic carbocycles. The van der Waals surface area contributed by atoms with E-state index in [4.69, 9.17) is 4.42 Å². The average Bonchev–Trinajstić information content (AvgIpc) is 3.07. The number of rotatable bonds is 3. The van der Waals surface area contributed by atoms with Crippen LogP contribution in [0.1, 0.15) is 23.4 Å². The number of carbonyl (C=O) groups excluding carboxylic acids is 1. The van der Waals surface area contributed by atoms with Crippen molar-refractivity contribution in [2.75, 3.05) is 19.6 Å². The van der Waals surface area contributed by atoms with Gasteiger partial charge in [-0.05, 0) is 68.2 Å². The van der Waals surface area contributed by atoms with Gasteiger partial charge in [0.15, 0.2) is 5.76 Å². The molecule has 0 spiro atoms. The molecule has 1 amide bonds. The van der Waals surface area contributed by atoms with Gasteiger partial charge in [0.05, 0.1) is 0 Å². The Morgan fingerprint density at radius 3 is 2.52 bits per heavy atom. The van der Waals surface area contributed by atoms with Gasteiger partial charge in [-0.1, -0.05) is 0 Å². The smallest absolute Gasteiger partial charge is 0.287 e. The Hall–Kier alpha value is -2.27. The minimum absolute atomic E-state index is 0.145. The number of furan rings is 1. The second-order valence-electron chi connectivity index (χ2n) is 6.43. The fourth-order valence-corrected chi connectivity index (χ4v) is 3.61. The normalized spacial score (nSPS) is 26.2. The van der Waals surface area contributed by atoms with E-state index in [1.807, 2.05) is 0 Å². The summed E-state index contributed by atoms with van der Waals surface area (Å²) in [4.78, 5) is 14.8. The third-order valence-electron chi connectivity index (χ3n) is 4.95. The zero-order valence-corrected chi connectivity index (χ0v) is 12.9. The number of phenolic OH excluding ortho intramolecular Hbond substituents is 1. The van der Waals surface area contributed by atoms with Crippen LogP contribution in [0, 0.1) is 5.92 Å². The molecule has 0 saturated carbocycles. The first kappa shape index (κ1) is 14.3. The van der Waals surface area contributed by atoms with E-state index in [9.17, 15) is 9.90 Å². The number of amides is 1. The van der Waals surface area contributed by atoms with Crippen LogP contribution in [-0.2, 0) is 0 Å². The molecule has 0 unspecified atom stereocenters. The Morgan fingerprint density at radius 1 is 1.13 bits per heavy atom. The molecule has 1 aromatic heterocycles. The molecule has 3 aliphatic rings. The van der Waals surface area contributed by atoms with Crippen molar-refractivity contribution in [3.63, 3.8) is 0 Å². The zero-order chi connectivity index (χ0) is 15.8. The molecule has 23 heavy (non-hydrogen) atoms. The van der Waals surface area contributed by atoms with Crippen LogP contribution in [0.5, 0.6) is 5.75 Å². The second-order valence-corrected chi connectivity index (χ2v) is 6.43. The molecule has 2 bridgehead atoms. The number of nitrogens with zero attached hydrogens (tertiary/aromatic N) is 1. The minimum Gasteiger partial charge on any atom is -0.508 e. The second kappa shape index (κ2) is 5.74. The highest BCUT2D eigenvalue weighted by molar-refractivity contribution is 5.92. The van der Waals surface area contributed by atoms with E-state index in [0.717, 1.165) is 25.2 Å². The summed E-state index contributed by atoms with van der Waals surface area (Å²) >= 11 is 0. The standard InChI is InChI=1S/C18H20N2O3/c21-14-3-1-13(2-4-14)16-5-6-17(23-16)18(22)19-15-11-20-9-7-12(15)8-10-20/h1-6,12,15,21H,7-11H2,(H,19,22)/t15-/m0/s1. The highest BCUT2D eigenvalue weighted by Gasteiger charge is 2.35. The summed E-state index contributed by atoms with van der Waals surface area (Å²) in [7, 11) is 0. The van der Waals surface area contributed by atoms with Gasteiger partial charge in [0, 0.05) is 18.2 Å². The SMILES string of the molecule is O=C(N[C@H]1CN2CCC1CC2)c1ccc(-c2ccc(O)cc2)o1. The summed E-state index contributed by atoms with van der Waals surface area (Å²) in [6.07, 6.45) is 2.34. The zero-order valence-electron chi connectivity index (χ0n) is 12.9. The Kier molecular flexibility index (Phi) is 3.58. The van der Waals surface area contributed by atoms with E-state index in [1.165, 1.54) is 12.8 Å². The summed E-state index contributed by atoms with van der Waals surface area (Å²) < 4.78 is 5.69. The molecule has 120 valence electrons. The number of phenols is 1. The Labute approximate surface area is 134 Å². The van der Waals surface area contributed by atoms with Gasteiger partial charge in [-0.15, -0.1) is 0 Å². The Morgan fingerprint density at radius 2 is 1.87 bits per heavy atom. The van der Waals surface area contributed by atoms with Crippen LogP contribution in [0.15, 0.2) is 40.8 Å². The molecule has 3 fully saturated rings. The van der Waals surface area contributed by atoms with Crippen molar-refractivity contribution in [2.24, 2.45) is 5.92 Å². The van der Waals surface area contributed by atoms with Gasteiger partial charge in [-0.25, -0.2) is 0 Å². The van der Waals surface area contributed by atoms with Crippen LogP contribution in [0.4, 0.5) is 0 Å². The molecule has 1 atom stereocenters. The monoisotopic (exact) mass is 312 g/mol. The van der Waals surface area contributed by atoms with Crippen LogP contribution in [0.25, 0.3) is 11.3 Å². The van der Waals surface area contributed by atoms with Crippen LogP contribution >= 0.6 is 0 Å². The predicted octanol–water partition coefficient (Wildman–Crippen LogP) is 2.48. The van der Waals surface area contributed by atoms with Crippen LogP contribution < -0.4 is 5.32 Å². The quantitative estimate of drug-likeness (QED) is 0.914. The Balaban J connectivity index is 1.46. The lowest BCUT2D eigenvalue weighted by molar-refractivity contribution is 0.0606. The molecule has 4 heterocycles. The third kappa shape index (κ3) is 2.84. The molecule has 5 nitrogen and oxygen atoms in total. The molecule has 1 aromatic carbocycles. The summed E-state index contributed by atoms with van der Waals surface area (Å²) in [5.41, 5.74) is 0.838. The van der Waals surface area contributed by atoms with Crippen molar-refractivity contribution < 1.29 is 14.3 Å². The topological polar surface area (TPSA) is 65.7 Å². The molecule has 2 aromatic rings. The maximum atomic E-state index is 12.4. The number of hydrogen-bond acceptors (Lipinski definition) is 4. The molecule has 0 radical (unpaired) electrons. The van der Waals surface area contributed by atoms with Crippen molar-refractivity contribution in [2.45, 2.75) is 18.9 Å². The Bertz CT molecular complexity index is 699. The average molecular weight is 312 g/mol. The number of nitrogens with one attached hydrogen (secondary N) is 1. The first-order valence-electron chi connectivity index (χ1n) is 8.11. The van der Waals surface area contributed by atoms with Crippen LogP contribution in [0.2, 0.25) is 0 Å². The van der Waals surface area contributed by atoms with Gasteiger partial charge in [0.1, 0.15) is 11.5 Å². The number of aromatic hydroxyl groups is 1. The summed E-state index contributed by atoms with van der Waals surface area (Å²) in [5, 5.41) is 12.5. The summed E-state index contributed by atoms with van der Waals surface area (Å²) in [6.45, 7) is 3.26. The number of carbonyl (C=O) groups is 1. The number of piperidine rings is 3. The highest BCUT2D eigenvalue weighted by Crippen LogP contribution is 2.28. The highest BCUT2D eigenvalue weighted by atomic mass is 16.3. The van der Waals surface area contributed by atoms with Crippen LogP contribution in [0.3, 0.4) is 0 Å². The number of fused-ring (bicyclic) bond motifs is 3. The van der Waals surface area contributed by atoms with Gasteiger partial charge in [-0.2, -0.15) is 0 Å². The van der Waals surface area contributed by atoms with Gasteiger partial charge in [0.2, 0.25) is 0 Å². The van der Waals surface area contributed by atoms with E-state index in [2.05, 4.69) is 10.2 Å². The van der Waals surface area contributed by atoms with E-state index >= 15 is 0 Å². The molecular weight excluding hydrogens is 292 g/mol. The predicted molar refractivity (Wildman–Crippen MR) is 86.2 cm³/mol. The van der Waals surface area contributed by atoms with Gasteiger partial charge in [-0.3, -0.25) is 4.79 Å². The fraction of sp³-hybridized carbons (Fsp3) is 0.389. The summed E-state index contributed by atoms with van der Waals surface area (Å²) in [6, 6.07) is 10.5. The van der Waals surface area contributed by atoms with E-state index in [1.54, 1.807) is 36.4 Å². The largest absolute Gasteiger partial charge is 0.508 e. The van der Waals surface area contributed by atoms with E-state index in [0.29, 0.717) is 17.4 Å². The van der Waals surface area contributed by atoms with Gasteiger partial charge < -0.3 is 19.7 Å². The fourth-order valence-electron chi connectivity index (χ4n) is 3.61. The molecule has 3 saturated heterocycles. The van der Waals surface area contributed by atoms with Crippen molar-refractivity contribution in [1.82, 2.24) is 10.2 Å². The molecular formula is C18H20N2O3. The lowest BCUT2D eigenvalue weighted by Crippen LogP contribution is -2.57. The van der Waals surface area contributed by atoms with E-state index < -0.39 is 0 Å². The molecule has 5 rings (SSSR count). The first-order chi connectivity index (χ1) is 11.2. The first-order valence-corrected chi connectivity index (χ1v) is 8.11. The molecule has 5 heteroatoms. The maximum Gasteiger partial charge on any atom is 0.287 e. The maximum absolute atomic E-state index is 12.4. The minimum atomic E-state index is -0.145. The number of hydrogen-bond donors (Lipinski definition) is 2. The lowest BCUT2D eigenvalue weighted by atomic mass is 9.84. The van der Waals surface area contributed by atoms with Crippen molar-refractivity contribution >= 4 is 5.91 Å². The number of benzene rings is 1. The van der Waals surface area contributed by atoms with Crippen molar-refractivity contribution in [3.05, 3.63) is 42.2 Å². The van der Waals surface area contributed by atoms with Crippen molar-refractivity contribution in [3.8, 4) is 17.1 Å². The van der Waals surface area contributed by atoms with Gasteiger partial charge >= 0.3 is 0 Å². The molecule has 3 aliphatic heterocycles. The van der Waals surface area contributed by atoms with Crippen molar-refractivity contribution in [1.29, 1.82) is 0 Å². The van der Waals surface area contributed by atoms with Crippen LogP contribution in [-0.4, -0.2) is 41.6 Å². The van der Waals surface area contributed by atoms with E-state index in [-0.39, 0.29) is 17.7 Å². The molecule has 2 N–H and O–H groups in total. The lowest BCUT2D eigenvalue weighted by Gasteiger charge is -2.44. The summed E-state index contributed by atoms with van der Waals surface area (Å²) in [5.74, 6) is 1.62.